The van der Waals surface area contributed by atoms with Gasteiger partial charge in [-0.15, -0.1) is 0 Å². The Bertz CT molecular complexity index is 1090. The molecule has 0 unspecified atom stereocenters. The third kappa shape index (κ3) is 3.67. The molecule has 0 bridgehead atoms. The normalized spacial score (nSPS) is 10.9. The van der Waals surface area contributed by atoms with Crippen molar-refractivity contribution in [1.82, 2.24) is 4.98 Å². The van der Waals surface area contributed by atoms with Crippen LogP contribution < -0.4 is 11.0 Å². The Morgan fingerprint density at radius 1 is 1.04 bits per heavy atom. The number of nitro benzene ring substituents is 2. The molecule has 26 heavy (non-hydrogen) atoms. The molecule has 0 spiro atoms. The monoisotopic (exact) mass is 371 g/mol. The molecule has 11 heteroatoms. The molecule has 0 aliphatic carbocycles. The van der Waals surface area contributed by atoms with E-state index in [0.29, 0.717) is 10.3 Å². The second-order valence-corrected chi connectivity index (χ2v) is 6.01. The molecule has 1 heterocycles. The number of anilines is 1. The first-order valence-electron chi connectivity index (χ1n) is 7.07. The van der Waals surface area contributed by atoms with E-state index in [0.717, 1.165) is 11.3 Å². The third-order valence-corrected chi connectivity index (χ3v) is 4.24. The van der Waals surface area contributed by atoms with Gasteiger partial charge in [-0.25, -0.2) is 0 Å². The van der Waals surface area contributed by atoms with Crippen LogP contribution in [0.15, 0.2) is 52.4 Å². The summed E-state index contributed by atoms with van der Waals surface area (Å²) in [5, 5.41) is 25.7. The number of non-ortho nitro benzene ring substituents is 2. The number of nitro groups is 2. The predicted octanol–water partition coefficient (Wildman–Crippen LogP) is 2.92. The molecule has 1 aromatic heterocycles. The Kier molecular flexibility index (Phi) is 4.62. The Labute approximate surface area is 148 Å². The molecule has 0 amide bonds. The number of rotatable bonds is 5. The fourth-order valence-corrected chi connectivity index (χ4v) is 2.89. The third-order valence-electron chi connectivity index (χ3n) is 3.29. The molecule has 0 aliphatic heterocycles. The van der Waals surface area contributed by atoms with E-state index in [1.54, 1.807) is 0 Å². The Morgan fingerprint density at radius 3 is 2.35 bits per heavy atom. The van der Waals surface area contributed by atoms with E-state index in [-0.39, 0.29) is 21.9 Å². The van der Waals surface area contributed by atoms with Crippen molar-refractivity contribution < 1.29 is 9.85 Å². The first-order chi connectivity index (χ1) is 12.4. The van der Waals surface area contributed by atoms with Crippen LogP contribution in [-0.4, -0.2) is 21.0 Å². The summed E-state index contributed by atoms with van der Waals surface area (Å²) in [6.07, 6.45) is 1.42. The molecule has 3 rings (SSSR count). The molecule has 1 N–H and O–H groups in total. The van der Waals surface area contributed by atoms with Crippen LogP contribution in [0.5, 0.6) is 0 Å². The number of fused-ring (bicyclic) bond motifs is 1. The van der Waals surface area contributed by atoms with Gasteiger partial charge in [0.05, 0.1) is 21.4 Å². The molecule has 3 aromatic rings. The van der Waals surface area contributed by atoms with Gasteiger partial charge in [0.1, 0.15) is 0 Å². The average molecular weight is 371 g/mol. The zero-order valence-electron chi connectivity index (χ0n) is 12.9. The van der Waals surface area contributed by atoms with Gasteiger partial charge in [-0.05, 0) is 23.8 Å². The Hall–Kier alpha value is -3.73. The molecular weight excluding hydrogens is 362 g/mol. The van der Waals surface area contributed by atoms with E-state index in [1.807, 2.05) is 0 Å². The lowest BCUT2D eigenvalue weighted by Gasteiger charge is -2.00. The average Bonchev–Trinajstić information content (AvgIpc) is 2.62. The Morgan fingerprint density at radius 2 is 1.69 bits per heavy atom. The van der Waals surface area contributed by atoms with E-state index in [4.69, 9.17) is 0 Å². The minimum atomic E-state index is -0.601. The van der Waals surface area contributed by atoms with Crippen LogP contribution in [-0.2, 0) is 0 Å². The minimum Gasteiger partial charge on any atom is -0.267 e. The molecule has 0 aliphatic rings. The summed E-state index contributed by atoms with van der Waals surface area (Å²) in [5.41, 5.74) is 2.42. The van der Waals surface area contributed by atoms with Crippen molar-refractivity contribution in [3.05, 3.63) is 78.6 Å². The van der Waals surface area contributed by atoms with E-state index in [9.17, 15) is 25.0 Å². The smallest absolute Gasteiger partial charge is 0.267 e. The van der Waals surface area contributed by atoms with Gasteiger partial charge in [0, 0.05) is 29.0 Å². The molecule has 0 saturated carbocycles. The quantitative estimate of drug-likeness (QED) is 0.413. The van der Waals surface area contributed by atoms with Gasteiger partial charge in [0.25, 0.3) is 16.9 Å². The predicted molar refractivity (Wildman–Crippen MR) is 96.9 cm³/mol. The number of aromatic nitrogens is 1. The molecule has 0 saturated heterocycles. The molecule has 2 aromatic carbocycles. The number of nitrogens with one attached hydrogen (secondary N) is 1. The zero-order chi connectivity index (χ0) is 18.7. The topological polar surface area (TPSA) is 141 Å². The van der Waals surface area contributed by atoms with Crippen LogP contribution in [0.4, 0.5) is 16.5 Å². The van der Waals surface area contributed by atoms with E-state index < -0.39 is 15.4 Å². The largest absolute Gasteiger partial charge is 0.281 e. The van der Waals surface area contributed by atoms with Crippen molar-refractivity contribution in [3.8, 4) is 0 Å². The second kappa shape index (κ2) is 7.03. The summed E-state index contributed by atoms with van der Waals surface area (Å²) < 4.78 is 0.531. The Balaban J connectivity index is 1.80. The highest BCUT2D eigenvalue weighted by Gasteiger charge is 2.10. The number of hydrazone groups is 1. The summed E-state index contributed by atoms with van der Waals surface area (Å²) in [6.45, 7) is 0. The van der Waals surface area contributed by atoms with Gasteiger partial charge < -0.3 is 0 Å². The minimum absolute atomic E-state index is 0.0291. The fraction of sp³-hybridized carbons (Fsp3) is 0. The highest BCUT2D eigenvalue weighted by Crippen LogP contribution is 2.24. The molecule has 10 nitrogen and oxygen atoms in total. The van der Waals surface area contributed by atoms with Crippen LogP contribution in [0.2, 0.25) is 0 Å². The van der Waals surface area contributed by atoms with Gasteiger partial charge in [0.15, 0.2) is 0 Å². The highest BCUT2D eigenvalue weighted by atomic mass is 32.1. The van der Waals surface area contributed by atoms with E-state index in [1.165, 1.54) is 48.7 Å². The fourth-order valence-electron chi connectivity index (χ4n) is 2.06. The maximum Gasteiger partial charge on any atom is 0.281 e. The van der Waals surface area contributed by atoms with Crippen LogP contribution in [0, 0.1) is 20.2 Å². The molecular formula is C15H9N5O5S. The standard InChI is InChI=1S/C15H9N5O5S/c21-14-12-7-11(20(24)25)5-6-13(12)26-15(17-14)18-16-8-9-1-3-10(4-2-9)19(22)23/h1-8H,(H,17,18,21)/b16-8+. The SMILES string of the molecule is O=c1nc(N/N=C/c2ccc([N+](=O)[O-])cc2)sc2ccc([N+](=O)[O-])cc12. The van der Waals surface area contributed by atoms with Crippen molar-refractivity contribution in [2.24, 2.45) is 5.10 Å². The lowest BCUT2D eigenvalue weighted by molar-refractivity contribution is -0.385. The van der Waals surface area contributed by atoms with Gasteiger partial charge >= 0.3 is 0 Å². The maximum atomic E-state index is 12.0. The lowest BCUT2D eigenvalue weighted by atomic mass is 10.2. The number of hydrogen-bond donors (Lipinski definition) is 1. The van der Waals surface area contributed by atoms with E-state index >= 15 is 0 Å². The van der Waals surface area contributed by atoms with Crippen molar-refractivity contribution >= 4 is 44.1 Å². The van der Waals surface area contributed by atoms with Crippen LogP contribution in [0.3, 0.4) is 0 Å². The summed E-state index contributed by atoms with van der Waals surface area (Å²) in [6, 6.07) is 9.72. The summed E-state index contributed by atoms with van der Waals surface area (Å²) in [7, 11) is 0. The van der Waals surface area contributed by atoms with Gasteiger partial charge in [-0.3, -0.25) is 30.4 Å². The molecule has 130 valence electrons. The molecule has 0 radical (unpaired) electrons. The van der Waals surface area contributed by atoms with Crippen molar-refractivity contribution in [1.29, 1.82) is 0 Å². The molecule has 0 fully saturated rings. The van der Waals surface area contributed by atoms with Gasteiger partial charge in [0.2, 0.25) is 5.13 Å². The zero-order valence-corrected chi connectivity index (χ0v) is 13.7. The van der Waals surface area contributed by atoms with Gasteiger partial charge in [-0.2, -0.15) is 10.1 Å². The number of nitrogens with zero attached hydrogens (tertiary/aromatic N) is 4. The van der Waals surface area contributed by atoms with Crippen molar-refractivity contribution in [3.63, 3.8) is 0 Å². The summed E-state index contributed by atoms with van der Waals surface area (Å²) >= 11 is 1.12. The molecule has 0 atom stereocenters. The van der Waals surface area contributed by atoms with Crippen molar-refractivity contribution in [2.45, 2.75) is 0 Å². The van der Waals surface area contributed by atoms with Gasteiger partial charge in [-0.1, -0.05) is 11.3 Å². The summed E-state index contributed by atoms with van der Waals surface area (Å²) in [4.78, 5) is 36.1. The first-order valence-corrected chi connectivity index (χ1v) is 7.88. The van der Waals surface area contributed by atoms with Crippen LogP contribution in [0.25, 0.3) is 10.1 Å². The second-order valence-electron chi connectivity index (χ2n) is 4.98. The number of benzene rings is 2. The lowest BCUT2D eigenvalue weighted by Crippen LogP contribution is -2.07. The summed E-state index contributed by atoms with van der Waals surface area (Å²) in [5.74, 6) is 0. The first kappa shape index (κ1) is 17.1. The highest BCUT2D eigenvalue weighted by molar-refractivity contribution is 7.21. The van der Waals surface area contributed by atoms with Crippen LogP contribution >= 0.6 is 11.3 Å². The van der Waals surface area contributed by atoms with Crippen LogP contribution in [0.1, 0.15) is 5.56 Å². The number of hydrogen-bond acceptors (Lipinski definition) is 9. The van der Waals surface area contributed by atoms with E-state index in [2.05, 4.69) is 15.5 Å². The van der Waals surface area contributed by atoms with Crippen molar-refractivity contribution in [2.75, 3.05) is 5.43 Å². The maximum absolute atomic E-state index is 12.0.